The van der Waals surface area contributed by atoms with Gasteiger partial charge in [0.15, 0.2) is 0 Å². The number of pyridine rings is 1. The number of carbonyl (C=O) groups excluding carboxylic acids is 1. The molecule has 0 bridgehead atoms. The standard InChI is InChI=1S/C29H39N5O3/c1-3-21-12-13-23(32-27(21)31-2)11-7-8-19-34(24-14-15-24)20-17-26(29(36)37)33-28(35)25(16-18-30)22-9-5-4-6-10-22/h4-6,9-10,12-13,24-26H,3,7-8,11,14-17,19-20H2,1-2H3,(H,31,32)(H,33,35)(H,36,37). The van der Waals surface area contributed by atoms with E-state index in [-0.39, 0.29) is 6.42 Å². The van der Waals surface area contributed by atoms with Gasteiger partial charge in [-0.1, -0.05) is 43.3 Å². The molecule has 1 aliphatic rings. The average molecular weight is 506 g/mol. The van der Waals surface area contributed by atoms with Gasteiger partial charge in [0, 0.05) is 25.3 Å². The highest BCUT2D eigenvalue weighted by Crippen LogP contribution is 2.28. The van der Waals surface area contributed by atoms with Crippen molar-refractivity contribution in [3.8, 4) is 6.07 Å². The van der Waals surface area contributed by atoms with Crippen molar-refractivity contribution in [3.05, 3.63) is 59.3 Å². The third kappa shape index (κ3) is 8.57. The molecule has 8 heteroatoms. The highest BCUT2D eigenvalue weighted by molar-refractivity contribution is 5.88. The zero-order valence-corrected chi connectivity index (χ0v) is 21.9. The van der Waals surface area contributed by atoms with Gasteiger partial charge in [0.2, 0.25) is 5.91 Å². The van der Waals surface area contributed by atoms with Gasteiger partial charge < -0.3 is 20.6 Å². The summed E-state index contributed by atoms with van der Waals surface area (Å²) >= 11 is 0. The predicted molar refractivity (Wildman–Crippen MR) is 144 cm³/mol. The predicted octanol–water partition coefficient (Wildman–Crippen LogP) is 4.13. The van der Waals surface area contributed by atoms with Crippen molar-refractivity contribution in [2.24, 2.45) is 0 Å². The summed E-state index contributed by atoms with van der Waals surface area (Å²) in [6.07, 6.45) is 6.47. The third-order valence-corrected chi connectivity index (χ3v) is 6.98. The molecule has 198 valence electrons. The summed E-state index contributed by atoms with van der Waals surface area (Å²) in [6.45, 7) is 3.64. The molecular weight excluding hydrogens is 466 g/mol. The molecule has 1 heterocycles. The first kappa shape index (κ1) is 28.1. The Balaban J connectivity index is 1.50. The molecule has 0 spiro atoms. The van der Waals surface area contributed by atoms with Crippen molar-refractivity contribution in [2.75, 3.05) is 25.5 Å². The van der Waals surface area contributed by atoms with Gasteiger partial charge in [0.05, 0.1) is 18.4 Å². The van der Waals surface area contributed by atoms with E-state index in [1.54, 1.807) is 12.1 Å². The van der Waals surface area contributed by atoms with Gasteiger partial charge >= 0.3 is 5.97 Å². The minimum Gasteiger partial charge on any atom is -0.480 e. The largest absolute Gasteiger partial charge is 0.480 e. The van der Waals surface area contributed by atoms with E-state index >= 15 is 0 Å². The SMILES string of the molecule is CCc1ccc(CCCCN(CCC(NC(=O)C(CC#N)c2ccccc2)C(=O)O)C2CC2)nc1NC. The summed E-state index contributed by atoms with van der Waals surface area (Å²) in [5, 5.41) is 24.9. The van der Waals surface area contributed by atoms with Crippen LogP contribution in [0.4, 0.5) is 5.82 Å². The fourth-order valence-electron chi connectivity index (χ4n) is 4.67. The molecular formula is C29H39N5O3. The van der Waals surface area contributed by atoms with E-state index in [1.807, 2.05) is 25.2 Å². The Morgan fingerprint density at radius 2 is 1.92 bits per heavy atom. The van der Waals surface area contributed by atoms with E-state index in [1.165, 1.54) is 5.56 Å². The quantitative estimate of drug-likeness (QED) is 0.294. The first-order chi connectivity index (χ1) is 18.0. The van der Waals surface area contributed by atoms with Crippen LogP contribution in [0.5, 0.6) is 0 Å². The second-order valence-corrected chi connectivity index (χ2v) is 9.65. The monoisotopic (exact) mass is 505 g/mol. The molecule has 0 radical (unpaired) electrons. The lowest BCUT2D eigenvalue weighted by Crippen LogP contribution is -2.45. The number of carboxylic acid groups (broad SMARTS) is 1. The smallest absolute Gasteiger partial charge is 0.326 e. The first-order valence-electron chi connectivity index (χ1n) is 13.3. The molecule has 3 rings (SSSR count). The fourth-order valence-corrected chi connectivity index (χ4v) is 4.67. The first-order valence-corrected chi connectivity index (χ1v) is 13.3. The average Bonchev–Trinajstić information content (AvgIpc) is 3.76. The van der Waals surface area contributed by atoms with Crippen molar-refractivity contribution >= 4 is 17.7 Å². The number of nitriles is 1. The van der Waals surface area contributed by atoms with Gasteiger partial charge in [-0.15, -0.1) is 0 Å². The summed E-state index contributed by atoms with van der Waals surface area (Å²) in [4.78, 5) is 32.0. The zero-order chi connectivity index (χ0) is 26.6. The maximum absolute atomic E-state index is 12.9. The summed E-state index contributed by atoms with van der Waals surface area (Å²) in [5.41, 5.74) is 3.01. The summed E-state index contributed by atoms with van der Waals surface area (Å²) in [6, 6.07) is 14.9. The number of unbranched alkanes of at least 4 members (excludes halogenated alkanes) is 1. The van der Waals surface area contributed by atoms with Crippen molar-refractivity contribution in [1.29, 1.82) is 5.26 Å². The van der Waals surface area contributed by atoms with Crippen LogP contribution in [-0.4, -0.2) is 59.1 Å². The second kappa shape index (κ2) is 14.3. The van der Waals surface area contributed by atoms with Crippen molar-refractivity contribution in [1.82, 2.24) is 15.2 Å². The van der Waals surface area contributed by atoms with E-state index in [9.17, 15) is 20.0 Å². The lowest BCUT2D eigenvalue weighted by atomic mass is 9.95. The van der Waals surface area contributed by atoms with Crippen LogP contribution >= 0.6 is 0 Å². The van der Waals surface area contributed by atoms with E-state index in [0.717, 1.165) is 56.6 Å². The number of benzene rings is 1. The number of aromatic nitrogens is 1. The molecule has 1 aliphatic carbocycles. The van der Waals surface area contributed by atoms with E-state index in [2.05, 4.69) is 40.7 Å². The molecule has 2 atom stereocenters. The summed E-state index contributed by atoms with van der Waals surface area (Å²) < 4.78 is 0. The van der Waals surface area contributed by atoms with Gasteiger partial charge in [-0.2, -0.15) is 5.26 Å². The Morgan fingerprint density at radius 3 is 2.54 bits per heavy atom. The number of anilines is 1. The third-order valence-electron chi connectivity index (χ3n) is 6.98. The van der Waals surface area contributed by atoms with Crippen LogP contribution < -0.4 is 10.6 Å². The van der Waals surface area contributed by atoms with Crippen molar-refractivity contribution in [2.45, 2.75) is 76.3 Å². The molecule has 2 aromatic rings. The number of carboxylic acids is 1. The van der Waals surface area contributed by atoms with Crippen LogP contribution in [0.15, 0.2) is 42.5 Å². The van der Waals surface area contributed by atoms with Crippen LogP contribution in [0.2, 0.25) is 0 Å². The lowest BCUT2D eigenvalue weighted by Gasteiger charge is -2.25. The number of nitrogens with one attached hydrogen (secondary N) is 2. The second-order valence-electron chi connectivity index (χ2n) is 9.65. The molecule has 1 aromatic carbocycles. The van der Waals surface area contributed by atoms with Crippen LogP contribution in [0.3, 0.4) is 0 Å². The number of nitrogens with zero attached hydrogens (tertiary/aromatic N) is 3. The number of amides is 1. The van der Waals surface area contributed by atoms with E-state index in [0.29, 0.717) is 24.6 Å². The molecule has 1 saturated carbocycles. The van der Waals surface area contributed by atoms with Crippen molar-refractivity contribution < 1.29 is 14.7 Å². The number of rotatable bonds is 16. The van der Waals surface area contributed by atoms with Crippen LogP contribution in [-0.2, 0) is 22.4 Å². The van der Waals surface area contributed by atoms with Crippen molar-refractivity contribution in [3.63, 3.8) is 0 Å². The zero-order valence-electron chi connectivity index (χ0n) is 21.9. The molecule has 1 fully saturated rings. The topological polar surface area (TPSA) is 118 Å². The van der Waals surface area contributed by atoms with Crippen LogP contribution in [0.1, 0.15) is 68.2 Å². The highest BCUT2D eigenvalue weighted by atomic mass is 16.4. The van der Waals surface area contributed by atoms with Gasteiger partial charge in [-0.3, -0.25) is 4.79 Å². The molecule has 1 amide bonds. The molecule has 0 saturated heterocycles. The number of hydrogen-bond donors (Lipinski definition) is 3. The van der Waals surface area contributed by atoms with Crippen LogP contribution in [0.25, 0.3) is 0 Å². The number of aliphatic carboxylic acids is 1. The minimum absolute atomic E-state index is 0.00221. The Labute approximate surface area is 220 Å². The maximum atomic E-state index is 12.9. The van der Waals surface area contributed by atoms with Crippen LogP contribution in [0, 0.1) is 11.3 Å². The Morgan fingerprint density at radius 1 is 1.16 bits per heavy atom. The summed E-state index contributed by atoms with van der Waals surface area (Å²) in [5.74, 6) is -1.20. The lowest BCUT2D eigenvalue weighted by molar-refractivity contribution is -0.142. The fraction of sp³-hybridized carbons (Fsp3) is 0.517. The Kier molecular flexibility index (Phi) is 10.9. The maximum Gasteiger partial charge on any atom is 0.326 e. The number of carbonyl (C=O) groups is 2. The Bertz CT molecular complexity index is 1060. The van der Waals surface area contributed by atoms with Gasteiger partial charge in [0.25, 0.3) is 0 Å². The Hall–Kier alpha value is -3.44. The molecule has 8 nitrogen and oxygen atoms in total. The minimum atomic E-state index is -1.05. The molecule has 1 aromatic heterocycles. The van der Waals surface area contributed by atoms with E-state index in [4.69, 9.17) is 4.98 Å². The molecule has 0 aliphatic heterocycles. The number of aryl methyl sites for hydroxylation is 2. The van der Waals surface area contributed by atoms with Gasteiger partial charge in [-0.25, -0.2) is 9.78 Å². The molecule has 3 N–H and O–H groups in total. The summed E-state index contributed by atoms with van der Waals surface area (Å²) in [7, 11) is 1.90. The number of hydrogen-bond acceptors (Lipinski definition) is 6. The van der Waals surface area contributed by atoms with E-state index < -0.39 is 23.8 Å². The molecule has 37 heavy (non-hydrogen) atoms. The normalized spacial score (nSPS) is 14.5. The van der Waals surface area contributed by atoms with Gasteiger partial charge in [-0.05, 0) is 68.7 Å². The highest BCUT2D eigenvalue weighted by Gasteiger charge is 2.31. The molecule has 2 unspecified atom stereocenters. The van der Waals surface area contributed by atoms with Gasteiger partial charge in [0.1, 0.15) is 11.9 Å².